The van der Waals surface area contributed by atoms with Gasteiger partial charge in [0.1, 0.15) is 0 Å². The molecular formula is C11H22N2. The molecule has 2 rings (SSSR count). The first-order valence-corrected chi connectivity index (χ1v) is 5.56. The van der Waals surface area contributed by atoms with Crippen molar-refractivity contribution in [3.05, 3.63) is 0 Å². The van der Waals surface area contributed by atoms with Crippen LogP contribution in [0.25, 0.3) is 0 Å². The molecule has 2 saturated heterocycles. The smallest absolute Gasteiger partial charge is 0.0630 e. The summed E-state index contributed by atoms with van der Waals surface area (Å²) in [6, 6.07) is 0.856. The normalized spacial score (nSPS) is 36.0. The third kappa shape index (κ3) is 1.40. The maximum atomic E-state index is 2.67. The van der Waals surface area contributed by atoms with E-state index in [0.29, 0.717) is 5.54 Å². The number of likely N-dealkylation sites (tertiary alicyclic amines) is 1. The minimum Gasteiger partial charge on any atom is -0.284 e. The summed E-state index contributed by atoms with van der Waals surface area (Å²) >= 11 is 0. The standard InChI is InChI=1S/C11H22N2/c1-5-12-9-6-7-10(12)13(8-9)11(2,3)4/h9-10H,5-8H2,1-4H3. The molecule has 2 heteroatoms. The Balaban J connectivity index is 2.12. The molecule has 2 heterocycles. The van der Waals surface area contributed by atoms with Crippen molar-refractivity contribution in [2.45, 2.75) is 58.3 Å². The van der Waals surface area contributed by atoms with Gasteiger partial charge in [-0.05, 0) is 40.2 Å². The molecule has 2 unspecified atom stereocenters. The molecule has 0 aromatic carbocycles. The minimum atomic E-state index is 0.354. The van der Waals surface area contributed by atoms with Crippen molar-refractivity contribution in [1.29, 1.82) is 0 Å². The molecule has 0 aromatic heterocycles. The highest BCUT2D eigenvalue weighted by atomic mass is 15.5. The number of likely N-dealkylation sites (N-methyl/N-ethyl adjacent to an activating group) is 1. The molecule has 0 amide bonds. The Morgan fingerprint density at radius 1 is 1.23 bits per heavy atom. The first kappa shape index (κ1) is 9.47. The van der Waals surface area contributed by atoms with E-state index in [1.165, 1.54) is 25.9 Å². The highest BCUT2D eigenvalue weighted by Crippen LogP contribution is 2.37. The monoisotopic (exact) mass is 182 g/mol. The lowest BCUT2D eigenvalue weighted by Crippen LogP contribution is -2.48. The predicted molar refractivity (Wildman–Crippen MR) is 55.6 cm³/mol. The largest absolute Gasteiger partial charge is 0.284 e. The zero-order valence-corrected chi connectivity index (χ0v) is 9.38. The van der Waals surface area contributed by atoms with Gasteiger partial charge < -0.3 is 0 Å². The Bertz CT molecular complexity index is 195. The second-order valence-electron chi connectivity index (χ2n) is 5.37. The molecule has 0 saturated carbocycles. The minimum absolute atomic E-state index is 0.354. The third-order valence-corrected chi connectivity index (χ3v) is 3.60. The summed E-state index contributed by atoms with van der Waals surface area (Å²) in [6.45, 7) is 11.8. The van der Waals surface area contributed by atoms with Crippen molar-refractivity contribution in [3.63, 3.8) is 0 Å². The van der Waals surface area contributed by atoms with Crippen LogP contribution in [0.5, 0.6) is 0 Å². The zero-order valence-electron chi connectivity index (χ0n) is 9.38. The van der Waals surface area contributed by atoms with Crippen LogP contribution in [-0.4, -0.2) is 40.6 Å². The van der Waals surface area contributed by atoms with Gasteiger partial charge in [-0.2, -0.15) is 0 Å². The van der Waals surface area contributed by atoms with Gasteiger partial charge in [0.2, 0.25) is 0 Å². The number of nitrogens with zero attached hydrogens (tertiary/aromatic N) is 2. The van der Waals surface area contributed by atoms with Gasteiger partial charge in [0.25, 0.3) is 0 Å². The van der Waals surface area contributed by atoms with Crippen LogP contribution < -0.4 is 0 Å². The van der Waals surface area contributed by atoms with Gasteiger partial charge in [0.15, 0.2) is 0 Å². The number of piperidine rings is 1. The summed E-state index contributed by atoms with van der Waals surface area (Å²) in [6.07, 6.45) is 3.55. The number of hydrogen-bond acceptors (Lipinski definition) is 2. The first-order valence-electron chi connectivity index (χ1n) is 5.56. The molecule has 2 nitrogen and oxygen atoms in total. The van der Waals surface area contributed by atoms with Crippen molar-refractivity contribution in [3.8, 4) is 0 Å². The van der Waals surface area contributed by atoms with Gasteiger partial charge in [-0.25, -0.2) is 0 Å². The van der Waals surface area contributed by atoms with Crippen LogP contribution >= 0.6 is 0 Å². The highest BCUT2D eigenvalue weighted by molar-refractivity contribution is 5.00. The molecule has 2 fully saturated rings. The molecule has 2 atom stereocenters. The SMILES string of the molecule is CCN1C2CCC1N(C(C)(C)C)C2. The van der Waals surface area contributed by atoms with Crippen molar-refractivity contribution >= 4 is 0 Å². The lowest BCUT2D eigenvalue weighted by atomic mass is 10.0. The quantitative estimate of drug-likeness (QED) is 0.611. The second kappa shape index (κ2) is 2.96. The Labute approximate surface area is 81.9 Å². The fourth-order valence-corrected chi connectivity index (χ4v) is 2.99. The van der Waals surface area contributed by atoms with E-state index in [1.54, 1.807) is 0 Å². The van der Waals surface area contributed by atoms with E-state index in [4.69, 9.17) is 0 Å². The zero-order chi connectivity index (χ0) is 9.64. The Kier molecular flexibility index (Phi) is 2.16. The summed E-state index contributed by atoms with van der Waals surface area (Å²) in [5, 5.41) is 0. The summed E-state index contributed by atoms with van der Waals surface area (Å²) < 4.78 is 0. The lowest BCUT2D eigenvalue weighted by molar-refractivity contribution is 0.0674. The molecule has 0 aliphatic carbocycles. The van der Waals surface area contributed by atoms with Crippen molar-refractivity contribution in [1.82, 2.24) is 9.80 Å². The third-order valence-electron chi connectivity index (χ3n) is 3.60. The molecule has 13 heavy (non-hydrogen) atoms. The molecule has 2 aliphatic heterocycles. The van der Waals surface area contributed by atoms with Gasteiger partial charge in [0, 0.05) is 18.1 Å². The highest BCUT2D eigenvalue weighted by Gasteiger charge is 2.47. The molecule has 2 bridgehead atoms. The maximum absolute atomic E-state index is 2.67. The molecule has 0 spiro atoms. The maximum Gasteiger partial charge on any atom is 0.0630 e. The summed E-state index contributed by atoms with van der Waals surface area (Å²) in [5.74, 6) is 0. The van der Waals surface area contributed by atoms with Crippen molar-refractivity contribution < 1.29 is 0 Å². The molecule has 2 aliphatic rings. The molecule has 0 N–H and O–H groups in total. The van der Waals surface area contributed by atoms with Crippen LogP contribution in [0.2, 0.25) is 0 Å². The number of rotatable bonds is 1. The average molecular weight is 182 g/mol. The van der Waals surface area contributed by atoms with E-state index in [-0.39, 0.29) is 0 Å². The lowest BCUT2D eigenvalue weighted by Gasteiger charge is -2.38. The van der Waals surface area contributed by atoms with Crippen molar-refractivity contribution in [2.75, 3.05) is 13.1 Å². The average Bonchev–Trinajstić information content (AvgIpc) is 2.57. The summed E-state index contributed by atoms with van der Waals surface area (Å²) in [5.41, 5.74) is 0.354. The van der Waals surface area contributed by atoms with Crippen LogP contribution in [0, 0.1) is 0 Å². The Morgan fingerprint density at radius 3 is 2.31 bits per heavy atom. The van der Waals surface area contributed by atoms with Gasteiger partial charge >= 0.3 is 0 Å². The predicted octanol–water partition coefficient (Wildman–Crippen LogP) is 1.91. The fraction of sp³-hybridized carbons (Fsp3) is 1.00. The van der Waals surface area contributed by atoms with E-state index >= 15 is 0 Å². The Hall–Kier alpha value is -0.0800. The second-order valence-corrected chi connectivity index (χ2v) is 5.37. The van der Waals surface area contributed by atoms with Crippen LogP contribution in [0.3, 0.4) is 0 Å². The van der Waals surface area contributed by atoms with Gasteiger partial charge in [0.05, 0.1) is 6.17 Å². The van der Waals surface area contributed by atoms with E-state index in [0.717, 1.165) is 12.2 Å². The van der Waals surface area contributed by atoms with E-state index in [1.807, 2.05) is 0 Å². The van der Waals surface area contributed by atoms with Crippen LogP contribution in [0.15, 0.2) is 0 Å². The van der Waals surface area contributed by atoms with E-state index in [2.05, 4.69) is 37.5 Å². The van der Waals surface area contributed by atoms with Crippen LogP contribution in [0.1, 0.15) is 40.5 Å². The fourth-order valence-electron chi connectivity index (χ4n) is 2.99. The van der Waals surface area contributed by atoms with Gasteiger partial charge in [-0.15, -0.1) is 0 Å². The molecular weight excluding hydrogens is 160 g/mol. The first-order chi connectivity index (χ1) is 6.04. The van der Waals surface area contributed by atoms with Crippen molar-refractivity contribution in [2.24, 2.45) is 0 Å². The number of hydrogen-bond donors (Lipinski definition) is 0. The molecule has 76 valence electrons. The molecule has 0 aromatic rings. The van der Waals surface area contributed by atoms with Crippen LogP contribution in [-0.2, 0) is 0 Å². The van der Waals surface area contributed by atoms with E-state index in [9.17, 15) is 0 Å². The van der Waals surface area contributed by atoms with Crippen LogP contribution in [0.4, 0.5) is 0 Å². The van der Waals surface area contributed by atoms with Gasteiger partial charge in [-0.1, -0.05) is 6.92 Å². The summed E-state index contributed by atoms with van der Waals surface area (Å²) in [7, 11) is 0. The topological polar surface area (TPSA) is 6.48 Å². The summed E-state index contributed by atoms with van der Waals surface area (Å²) in [4.78, 5) is 5.34. The van der Waals surface area contributed by atoms with Gasteiger partial charge in [-0.3, -0.25) is 9.80 Å². The Morgan fingerprint density at radius 2 is 1.92 bits per heavy atom. The molecule has 0 radical (unpaired) electrons. The van der Waals surface area contributed by atoms with E-state index < -0.39 is 0 Å². The number of fused-ring (bicyclic) bond motifs is 2.